The summed E-state index contributed by atoms with van der Waals surface area (Å²) in [6.45, 7) is 5.52. The molecule has 0 saturated heterocycles. The van der Waals surface area contributed by atoms with E-state index in [1.807, 2.05) is 18.2 Å². The van der Waals surface area contributed by atoms with Crippen LogP contribution >= 0.6 is 0 Å². The molecule has 4 N–H and O–H groups in total. The molecule has 5 aromatic rings. The molecule has 10 heteroatoms. The molecule has 5 rings (SSSR count). The summed E-state index contributed by atoms with van der Waals surface area (Å²) in [4.78, 5) is 52.3. The van der Waals surface area contributed by atoms with Crippen molar-refractivity contribution >= 4 is 39.4 Å². The van der Waals surface area contributed by atoms with Crippen LogP contribution in [0.4, 0.5) is 5.82 Å². The maximum Gasteiger partial charge on any atom is 0.267 e. The summed E-state index contributed by atoms with van der Waals surface area (Å²) in [5.41, 5.74) is 7.86. The van der Waals surface area contributed by atoms with Crippen molar-refractivity contribution in [3.63, 3.8) is 0 Å². The van der Waals surface area contributed by atoms with E-state index in [-0.39, 0.29) is 22.8 Å². The molecular formula is C32H27N7O3. The highest BCUT2D eigenvalue weighted by atomic mass is 16.2. The smallest absolute Gasteiger partial charge is 0.267 e. The topological polar surface area (TPSA) is 145 Å². The van der Waals surface area contributed by atoms with Crippen molar-refractivity contribution in [2.24, 2.45) is 0 Å². The zero-order chi connectivity index (χ0) is 29.6. The highest BCUT2D eigenvalue weighted by molar-refractivity contribution is 6.09. The number of anilines is 1. The minimum Gasteiger partial charge on any atom is -0.383 e. The van der Waals surface area contributed by atoms with E-state index in [4.69, 9.17) is 10.7 Å². The Hall–Kier alpha value is -5.82. The third-order valence-electron chi connectivity index (χ3n) is 6.53. The first-order valence-electron chi connectivity index (χ1n) is 13.2. The van der Waals surface area contributed by atoms with Crippen LogP contribution in [0.2, 0.25) is 0 Å². The number of hydrogen-bond acceptors (Lipinski definition) is 7. The summed E-state index contributed by atoms with van der Waals surface area (Å²) in [6.07, 6.45) is 4.73. The predicted molar refractivity (Wildman–Crippen MR) is 162 cm³/mol. The van der Waals surface area contributed by atoms with Crippen LogP contribution in [0, 0.1) is 11.8 Å². The summed E-state index contributed by atoms with van der Waals surface area (Å²) in [5, 5.41) is 6.62. The molecular weight excluding hydrogens is 530 g/mol. The highest BCUT2D eigenvalue weighted by Gasteiger charge is 2.23. The molecule has 208 valence electrons. The molecule has 42 heavy (non-hydrogen) atoms. The fourth-order valence-corrected chi connectivity index (χ4v) is 4.56. The van der Waals surface area contributed by atoms with Crippen molar-refractivity contribution < 1.29 is 9.59 Å². The number of nitrogens with two attached hydrogens (primary N) is 1. The number of carbonyl (C=O) groups is 2. The molecule has 2 amide bonds. The zero-order valence-corrected chi connectivity index (χ0v) is 22.8. The van der Waals surface area contributed by atoms with Crippen LogP contribution < -0.4 is 21.9 Å². The molecule has 10 nitrogen and oxygen atoms in total. The highest BCUT2D eigenvalue weighted by Crippen LogP contribution is 2.23. The zero-order valence-electron chi connectivity index (χ0n) is 22.8. The number of para-hydroxylation sites is 1. The van der Waals surface area contributed by atoms with Gasteiger partial charge in [-0.15, -0.1) is 0 Å². The number of nitrogen functional groups attached to an aromatic ring is 1. The van der Waals surface area contributed by atoms with Gasteiger partial charge in [-0.1, -0.05) is 42.7 Å². The first-order chi connectivity index (χ1) is 20.4. The Kier molecular flexibility index (Phi) is 8.02. The van der Waals surface area contributed by atoms with Crippen LogP contribution in [0.3, 0.4) is 0 Å². The molecule has 0 saturated carbocycles. The summed E-state index contributed by atoms with van der Waals surface area (Å²) >= 11 is 0. The van der Waals surface area contributed by atoms with Gasteiger partial charge in [0.15, 0.2) is 0 Å². The first-order valence-corrected chi connectivity index (χ1v) is 13.2. The number of hydrogen-bond donors (Lipinski definition) is 3. The van der Waals surface area contributed by atoms with Gasteiger partial charge in [-0.3, -0.25) is 23.9 Å². The molecule has 0 fully saturated rings. The lowest BCUT2D eigenvalue weighted by Crippen LogP contribution is -2.34. The number of fused-ring (bicyclic) bond motifs is 2. The van der Waals surface area contributed by atoms with Gasteiger partial charge in [-0.25, -0.2) is 9.97 Å². The fourth-order valence-electron chi connectivity index (χ4n) is 4.56. The molecule has 0 spiro atoms. The minimum atomic E-state index is -0.712. The average molecular weight is 558 g/mol. The fraction of sp³-hybridized carbons (Fsp3) is 0.125. The van der Waals surface area contributed by atoms with Gasteiger partial charge >= 0.3 is 0 Å². The first kappa shape index (κ1) is 27.7. The van der Waals surface area contributed by atoms with Crippen molar-refractivity contribution in [3.05, 3.63) is 113 Å². The third-order valence-corrected chi connectivity index (χ3v) is 6.53. The molecule has 2 aromatic carbocycles. The summed E-state index contributed by atoms with van der Waals surface area (Å²) in [7, 11) is 0. The lowest BCUT2D eigenvalue weighted by molar-refractivity contribution is -0.116. The van der Waals surface area contributed by atoms with Crippen LogP contribution in [0.1, 0.15) is 41.1 Å². The van der Waals surface area contributed by atoms with E-state index in [2.05, 4.69) is 39.0 Å². The van der Waals surface area contributed by atoms with Crippen molar-refractivity contribution in [2.45, 2.75) is 19.4 Å². The molecule has 0 radical (unpaired) electrons. The summed E-state index contributed by atoms with van der Waals surface area (Å²) in [6, 6.07) is 17.2. The second kappa shape index (κ2) is 12.1. The van der Waals surface area contributed by atoms with E-state index in [9.17, 15) is 14.4 Å². The van der Waals surface area contributed by atoms with Crippen molar-refractivity contribution in [2.75, 3.05) is 12.3 Å². The number of aromatic nitrogens is 4. The van der Waals surface area contributed by atoms with Crippen molar-refractivity contribution in [1.29, 1.82) is 0 Å². The van der Waals surface area contributed by atoms with Crippen LogP contribution in [0.15, 0.2) is 90.5 Å². The Balaban J connectivity index is 1.57. The number of pyridine rings is 2. The minimum absolute atomic E-state index is 0.0464. The van der Waals surface area contributed by atoms with Gasteiger partial charge < -0.3 is 16.4 Å². The lowest BCUT2D eigenvalue weighted by atomic mass is 10.1. The SMILES string of the molecule is C=CC(=O)NCCC#Cc1cccc2nc([C@@H](C)NC(=O)c3c(N)ncc4cccnc34)n(-c3ccccc3)c(=O)c12. The lowest BCUT2D eigenvalue weighted by Gasteiger charge is -2.20. The van der Waals surface area contributed by atoms with Gasteiger partial charge in [0, 0.05) is 36.3 Å². The van der Waals surface area contributed by atoms with Gasteiger partial charge in [0.25, 0.3) is 11.5 Å². The number of benzene rings is 2. The van der Waals surface area contributed by atoms with Gasteiger partial charge in [-0.05, 0) is 49.4 Å². The molecule has 3 aromatic heterocycles. The maximum atomic E-state index is 14.1. The molecule has 0 aliphatic carbocycles. The summed E-state index contributed by atoms with van der Waals surface area (Å²) in [5.74, 6) is 5.65. The number of amides is 2. The second-order valence-electron chi connectivity index (χ2n) is 9.35. The van der Waals surface area contributed by atoms with Crippen molar-refractivity contribution in [3.8, 4) is 17.5 Å². The number of carbonyl (C=O) groups excluding carboxylic acids is 2. The van der Waals surface area contributed by atoms with Gasteiger partial charge in [0.05, 0.1) is 28.1 Å². The monoisotopic (exact) mass is 557 g/mol. The Bertz CT molecular complexity index is 1960. The van der Waals surface area contributed by atoms with E-state index >= 15 is 0 Å². The van der Waals surface area contributed by atoms with Gasteiger partial charge in [0.2, 0.25) is 5.91 Å². The Labute approximate surface area is 241 Å². The average Bonchev–Trinajstić information content (AvgIpc) is 3.00. The number of nitrogens with zero attached hydrogens (tertiary/aromatic N) is 4. The van der Waals surface area contributed by atoms with Crippen LogP contribution in [-0.2, 0) is 4.79 Å². The Morgan fingerprint density at radius 3 is 2.69 bits per heavy atom. The van der Waals surface area contributed by atoms with Crippen molar-refractivity contribution in [1.82, 2.24) is 30.2 Å². The standard InChI is InChI=1S/C32H27N7O3/c1-3-25(40)34-17-8-7-11-21-12-9-16-24-26(21)32(42)39(23-14-5-4-6-15-23)30(38-24)20(2)37-31(41)27-28-22(13-10-18-35-28)19-36-29(27)33/h3-6,9-10,12-16,18-20H,1,8,17H2,2H3,(H2,33,36)(H,34,40)(H,37,41)/t20-/m1/s1. The van der Waals surface area contributed by atoms with E-state index < -0.39 is 11.9 Å². The van der Waals surface area contributed by atoms with E-state index in [0.717, 1.165) is 0 Å². The molecule has 0 bridgehead atoms. The quantitative estimate of drug-likeness (QED) is 0.158. The molecule has 0 unspecified atom stereocenters. The van der Waals surface area contributed by atoms with E-state index in [1.54, 1.807) is 61.8 Å². The Morgan fingerprint density at radius 1 is 1.10 bits per heavy atom. The number of nitrogens with one attached hydrogen (secondary N) is 2. The predicted octanol–water partition coefficient (Wildman–Crippen LogP) is 3.45. The van der Waals surface area contributed by atoms with Crippen LogP contribution in [0.5, 0.6) is 0 Å². The third kappa shape index (κ3) is 5.57. The number of rotatable bonds is 7. The van der Waals surface area contributed by atoms with Crippen LogP contribution in [0.25, 0.3) is 27.5 Å². The largest absolute Gasteiger partial charge is 0.383 e. The van der Waals surface area contributed by atoms with Crippen LogP contribution in [-0.4, -0.2) is 37.9 Å². The molecule has 0 aliphatic rings. The Morgan fingerprint density at radius 2 is 1.90 bits per heavy atom. The van der Waals surface area contributed by atoms with E-state index in [1.165, 1.54) is 10.6 Å². The van der Waals surface area contributed by atoms with Gasteiger partial charge in [-0.2, -0.15) is 0 Å². The second-order valence-corrected chi connectivity index (χ2v) is 9.35. The maximum absolute atomic E-state index is 14.1. The molecule has 1 atom stereocenters. The molecule has 0 aliphatic heterocycles. The molecule has 3 heterocycles. The van der Waals surface area contributed by atoms with E-state index in [0.29, 0.717) is 51.8 Å². The summed E-state index contributed by atoms with van der Waals surface area (Å²) < 4.78 is 1.48. The van der Waals surface area contributed by atoms with Gasteiger partial charge in [0.1, 0.15) is 17.2 Å². The normalized spacial score (nSPS) is 11.4.